The Balaban J connectivity index is 1.42. The van der Waals surface area contributed by atoms with Gasteiger partial charge in [0, 0.05) is 11.3 Å². The van der Waals surface area contributed by atoms with Crippen LogP contribution < -0.4 is 16.0 Å². The molecule has 38 heavy (non-hydrogen) atoms. The summed E-state index contributed by atoms with van der Waals surface area (Å²) in [5.74, 6) is -0.196. The van der Waals surface area contributed by atoms with Crippen LogP contribution in [-0.2, 0) is 22.6 Å². The molecule has 5 N–H and O–H groups in total. The number of nitrogens with two attached hydrogens (primary N) is 1. The van der Waals surface area contributed by atoms with E-state index in [1.165, 1.54) is 6.92 Å². The molecule has 10 nitrogen and oxygen atoms in total. The smallest absolute Gasteiger partial charge is 0.249 e. The maximum Gasteiger partial charge on any atom is 0.249 e. The number of para-hydroxylation sites is 1. The van der Waals surface area contributed by atoms with Crippen LogP contribution in [0.25, 0.3) is 22.5 Å². The second-order valence-electron chi connectivity index (χ2n) is 9.69. The molecule has 2 atom stereocenters. The lowest BCUT2D eigenvalue weighted by Gasteiger charge is -2.28. The molecule has 10 heteroatoms. The van der Waals surface area contributed by atoms with Crippen molar-refractivity contribution >= 4 is 17.5 Å². The lowest BCUT2D eigenvalue weighted by atomic mass is 9.98. The lowest BCUT2D eigenvalue weighted by molar-refractivity contribution is -0.131. The van der Waals surface area contributed by atoms with Gasteiger partial charge in [0.05, 0.1) is 13.2 Å². The Morgan fingerprint density at radius 3 is 2.53 bits per heavy atom. The van der Waals surface area contributed by atoms with Crippen molar-refractivity contribution in [3.05, 3.63) is 83.9 Å². The number of hydrogen-bond donors (Lipinski definition) is 4. The molecule has 2 heterocycles. The number of H-pyrrole nitrogens is 1. The summed E-state index contributed by atoms with van der Waals surface area (Å²) in [6.45, 7) is 1.25. The summed E-state index contributed by atoms with van der Waals surface area (Å²) >= 11 is 0. The van der Waals surface area contributed by atoms with Gasteiger partial charge in [0.2, 0.25) is 11.8 Å². The Hall–Kier alpha value is -4.41. The van der Waals surface area contributed by atoms with E-state index in [4.69, 9.17) is 5.73 Å². The number of nitrogens with one attached hydrogen (secondary N) is 2. The van der Waals surface area contributed by atoms with Crippen molar-refractivity contribution in [3.8, 4) is 22.5 Å². The van der Waals surface area contributed by atoms with Crippen molar-refractivity contribution in [2.45, 2.75) is 37.9 Å². The summed E-state index contributed by atoms with van der Waals surface area (Å²) in [6, 6.07) is 22.9. The molecule has 1 aliphatic rings. The van der Waals surface area contributed by atoms with Gasteiger partial charge in [-0.2, -0.15) is 0 Å². The monoisotopic (exact) mass is 511 g/mol. The van der Waals surface area contributed by atoms with Gasteiger partial charge in [-0.3, -0.25) is 9.59 Å². The zero-order valence-corrected chi connectivity index (χ0v) is 21.0. The number of hydrogen-bond acceptors (Lipinski definition) is 7. The fourth-order valence-electron chi connectivity index (χ4n) is 4.59. The number of aromatic nitrogens is 4. The van der Waals surface area contributed by atoms with E-state index >= 15 is 0 Å². The first-order valence-corrected chi connectivity index (χ1v) is 12.4. The lowest BCUT2D eigenvalue weighted by Crippen LogP contribution is -2.59. The largest absolute Gasteiger partial charge is 0.394 e. The quantitative estimate of drug-likeness (QED) is 0.297. The standard InChI is InChI=1S/C28H29N7O3/c1-28(29,17-36)27(38)30-23-15-14-20-6-2-5-9-24(20)35(26(23)37)16-18-10-12-19(13-11-18)21-7-3-4-8-22(21)25-31-33-34-32-25/h2-13,23,36H,14-17,29H2,1H3,(H,30,38)(H,31,32,33,34)/t23-,28?/m1/s1. The minimum absolute atomic E-state index is 0.218. The Morgan fingerprint density at radius 1 is 1.11 bits per heavy atom. The minimum Gasteiger partial charge on any atom is -0.394 e. The van der Waals surface area contributed by atoms with Crippen molar-refractivity contribution in [2.24, 2.45) is 5.73 Å². The summed E-state index contributed by atoms with van der Waals surface area (Å²) in [6.07, 6.45) is 1.06. The molecule has 5 rings (SSSR count). The third kappa shape index (κ3) is 5.04. The van der Waals surface area contributed by atoms with Crippen LogP contribution in [0.1, 0.15) is 24.5 Å². The Labute approximate surface area is 219 Å². The third-order valence-electron chi connectivity index (χ3n) is 6.83. The zero-order valence-electron chi connectivity index (χ0n) is 21.0. The number of amides is 2. The predicted octanol–water partition coefficient (Wildman–Crippen LogP) is 2.21. The topological polar surface area (TPSA) is 150 Å². The van der Waals surface area contributed by atoms with Crippen molar-refractivity contribution in [1.82, 2.24) is 25.9 Å². The molecule has 1 unspecified atom stereocenters. The number of benzene rings is 3. The maximum absolute atomic E-state index is 13.7. The van der Waals surface area contributed by atoms with Crippen LogP contribution in [0.2, 0.25) is 0 Å². The van der Waals surface area contributed by atoms with Gasteiger partial charge in [-0.1, -0.05) is 66.7 Å². The first-order valence-electron chi connectivity index (χ1n) is 12.4. The average Bonchev–Trinajstić information content (AvgIpc) is 3.45. The van der Waals surface area contributed by atoms with Crippen LogP contribution in [0.5, 0.6) is 0 Å². The fourth-order valence-corrected chi connectivity index (χ4v) is 4.59. The molecule has 194 valence electrons. The normalized spacial score (nSPS) is 16.9. The molecule has 0 aliphatic carbocycles. The molecule has 0 bridgehead atoms. The Kier molecular flexibility index (Phi) is 6.99. The van der Waals surface area contributed by atoms with Crippen molar-refractivity contribution < 1.29 is 14.7 Å². The van der Waals surface area contributed by atoms with Crippen LogP contribution in [-0.4, -0.2) is 55.7 Å². The molecule has 4 aromatic rings. The maximum atomic E-state index is 13.7. The summed E-state index contributed by atoms with van der Waals surface area (Å²) in [4.78, 5) is 28.1. The summed E-state index contributed by atoms with van der Waals surface area (Å²) < 4.78 is 0. The molecular formula is C28H29N7O3. The summed E-state index contributed by atoms with van der Waals surface area (Å²) in [5.41, 5.74) is 10.1. The Bertz CT molecular complexity index is 1440. The molecule has 0 saturated heterocycles. The highest BCUT2D eigenvalue weighted by Gasteiger charge is 2.35. The molecule has 1 aromatic heterocycles. The number of aromatic amines is 1. The first kappa shape index (κ1) is 25.2. The van der Waals surface area contributed by atoms with Crippen LogP contribution in [0, 0.1) is 0 Å². The van der Waals surface area contributed by atoms with Gasteiger partial charge >= 0.3 is 0 Å². The van der Waals surface area contributed by atoms with E-state index in [-0.39, 0.29) is 5.91 Å². The number of aryl methyl sites for hydroxylation is 1. The summed E-state index contributed by atoms with van der Waals surface area (Å²) in [5, 5.41) is 26.5. The highest BCUT2D eigenvalue weighted by Crippen LogP contribution is 2.32. The molecular weight excluding hydrogens is 482 g/mol. The van der Waals surface area contributed by atoms with E-state index in [1.807, 2.05) is 72.8 Å². The van der Waals surface area contributed by atoms with Crippen LogP contribution in [0.3, 0.4) is 0 Å². The van der Waals surface area contributed by atoms with E-state index in [1.54, 1.807) is 4.90 Å². The van der Waals surface area contributed by atoms with Crippen molar-refractivity contribution in [1.29, 1.82) is 0 Å². The third-order valence-corrected chi connectivity index (χ3v) is 6.83. The average molecular weight is 512 g/mol. The zero-order chi connectivity index (χ0) is 26.7. The molecule has 0 radical (unpaired) electrons. The number of fused-ring (bicyclic) bond motifs is 1. The molecule has 0 spiro atoms. The van der Waals surface area contributed by atoms with E-state index in [9.17, 15) is 14.7 Å². The minimum atomic E-state index is -1.47. The van der Waals surface area contributed by atoms with Crippen LogP contribution >= 0.6 is 0 Å². The number of aliphatic hydroxyl groups is 1. The number of anilines is 1. The molecule has 0 saturated carbocycles. The van der Waals surface area contributed by atoms with Gasteiger partial charge in [0.15, 0.2) is 5.82 Å². The van der Waals surface area contributed by atoms with Crippen molar-refractivity contribution in [2.75, 3.05) is 11.5 Å². The van der Waals surface area contributed by atoms with Gasteiger partial charge in [0.25, 0.3) is 0 Å². The number of carbonyl (C=O) groups is 2. The molecule has 2 amide bonds. The molecule has 3 aromatic carbocycles. The molecule has 0 fully saturated rings. The van der Waals surface area contributed by atoms with Gasteiger partial charge in [-0.05, 0) is 58.5 Å². The number of carbonyl (C=O) groups excluding carboxylic acids is 2. The summed E-state index contributed by atoms with van der Waals surface area (Å²) in [7, 11) is 0. The van der Waals surface area contributed by atoms with Gasteiger partial charge < -0.3 is 21.1 Å². The number of nitrogens with zero attached hydrogens (tertiary/aromatic N) is 4. The van der Waals surface area contributed by atoms with Crippen LogP contribution in [0.15, 0.2) is 72.8 Å². The van der Waals surface area contributed by atoms with E-state index in [2.05, 4.69) is 25.9 Å². The van der Waals surface area contributed by atoms with Crippen LogP contribution in [0.4, 0.5) is 5.69 Å². The van der Waals surface area contributed by atoms with E-state index < -0.39 is 24.1 Å². The fraction of sp³-hybridized carbons (Fsp3) is 0.250. The van der Waals surface area contributed by atoms with Gasteiger partial charge in [-0.15, -0.1) is 5.10 Å². The first-order chi connectivity index (χ1) is 18.4. The number of aliphatic hydroxyl groups excluding tert-OH is 1. The Morgan fingerprint density at radius 2 is 1.82 bits per heavy atom. The van der Waals surface area contributed by atoms with Gasteiger partial charge in [-0.25, -0.2) is 5.10 Å². The van der Waals surface area contributed by atoms with E-state index in [0.717, 1.165) is 33.5 Å². The number of tetrazole rings is 1. The highest BCUT2D eigenvalue weighted by molar-refractivity contribution is 6.01. The second-order valence-corrected chi connectivity index (χ2v) is 9.69. The second kappa shape index (κ2) is 10.5. The van der Waals surface area contributed by atoms with Crippen molar-refractivity contribution in [3.63, 3.8) is 0 Å². The molecule has 1 aliphatic heterocycles. The predicted molar refractivity (Wildman–Crippen MR) is 143 cm³/mol. The number of rotatable bonds is 7. The highest BCUT2D eigenvalue weighted by atomic mass is 16.3. The SMILES string of the molecule is CC(N)(CO)C(=O)N[C@@H]1CCc2ccccc2N(Cc2ccc(-c3ccccc3-c3nnn[nH]3)cc2)C1=O. The van der Waals surface area contributed by atoms with Gasteiger partial charge in [0.1, 0.15) is 11.6 Å². The van der Waals surface area contributed by atoms with E-state index in [0.29, 0.717) is 25.2 Å².